The first-order chi connectivity index (χ1) is 9.15. The summed E-state index contributed by atoms with van der Waals surface area (Å²) in [6.45, 7) is 2.82. The number of imidazole rings is 1. The van der Waals surface area contributed by atoms with E-state index in [0.29, 0.717) is 0 Å². The Morgan fingerprint density at radius 3 is 2.74 bits per heavy atom. The molecule has 4 heteroatoms. The number of benzene rings is 1. The van der Waals surface area contributed by atoms with Crippen LogP contribution in [0.25, 0.3) is 11.0 Å². The van der Waals surface area contributed by atoms with Gasteiger partial charge in [-0.3, -0.25) is 0 Å². The SMILES string of the molecule is COC1(Cn2c(C(C)Cl)nc3ccccc32)CCC1. The molecule has 1 heterocycles. The molecule has 1 aliphatic rings. The average molecular weight is 279 g/mol. The Morgan fingerprint density at radius 1 is 1.42 bits per heavy atom. The van der Waals surface area contributed by atoms with Crippen molar-refractivity contribution in [2.75, 3.05) is 7.11 Å². The Bertz CT molecular complexity index is 581. The minimum atomic E-state index is -0.0959. The van der Waals surface area contributed by atoms with Crippen LogP contribution in [-0.2, 0) is 11.3 Å². The van der Waals surface area contributed by atoms with Crippen molar-refractivity contribution in [3.05, 3.63) is 30.1 Å². The molecule has 3 rings (SSSR count). The lowest BCUT2D eigenvalue weighted by atomic mass is 9.80. The van der Waals surface area contributed by atoms with Crippen LogP contribution in [0.1, 0.15) is 37.4 Å². The lowest BCUT2D eigenvalue weighted by Crippen LogP contribution is -2.43. The third-order valence-electron chi connectivity index (χ3n) is 4.18. The standard InChI is InChI=1S/C15H19ClN2O/c1-11(16)14-17-12-6-3-4-7-13(12)18(14)10-15(19-2)8-5-9-15/h3-4,6-7,11H,5,8-10H2,1-2H3. The van der Waals surface area contributed by atoms with E-state index in [1.807, 2.05) is 32.2 Å². The first-order valence-electron chi connectivity index (χ1n) is 6.80. The molecule has 1 fully saturated rings. The molecule has 0 saturated heterocycles. The number of rotatable bonds is 4. The molecule has 19 heavy (non-hydrogen) atoms. The van der Waals surface area contributed by atoms with E-state index in [9.17, 15) is 0 Å². The monoisotopic (exact) mass is 278 g/mol. The lowest BCUT2D eigenvalue weighted by Gasteiger charge is -2.41. The number of ether oxygens (including phenoxy) is 1. The number of hydrogen-bond acceptors (Lipinski definition) is 2. The Kier molecular flexibility index (Phi) is 3.27. The van der Waals surface area contributed by atoms with Crippen molar-refractivity contribution in [3.8, 4) is 0 Å². The molecule has 1 saturated carbocycles. The summed E-state index contributed by atoms with van der Waals surface area (Å²) in [5.74, 6) is 0.936. The molecule has 1 aromatic heterocycles. The van der Waals surface area contributed by atoms with Crippen LogP contribution in [0.4, 0.5) is 0 Å². The molecule has 1 unspecified atom stereocenters. The van der Waals surface area contributed by atoms with E-state index in [1.165, 1.54) is 6.42 Å². The molecule has 0 amide bonds. The molecular weight excluding hydrogens is 260 g/mol. The largest absolute Gasteiger partial charge is 0.376 e. The molecule has 0 N–H and O–H groups in total. The maximum Gasteiger partial charge on any atom is 0.127 e. The quantitative estimate of drug-likeness (QED) is 0.793. The van der Waals surface area contributed by atoms with Crippen molar-refractivity contribution in [3.63, 3.8) is 0 Å². The van der Waals surface area contributed by atoms with Gasteiger partial charge >= 0.3 is 0 Å². The Hall–Kier alpha value is -1.06. The molecule has 2 aromatic rings. The fourth-order valence-electron chi connectivity index (χ4n) is 2.85. The summed E-state index contributed by atoms with van der Waals surface area (Å²) in [7, 11) is 1.81. The van der Waals surface area contributed by atoms with Gasteiger partial charge in [0, 0.05) is 7.11 Å². The predicted molar refractivity (Wildman–Crippen MR) is 77.6 cm³/mol. The van der Waals surface area contributed by atoms with Gasteiger partial charge in [-0.1, -0.05) is 12.1 Å². The fourth-order valence-corrected chi connectivity index (χ4v) is 3.02. The minimum Gasteiger partial charge on any atom is -0.376 e. The summed E-state index contributed by atoms with van der Waals surface area (Å²) < 4.78 is 7.97. The third-order valence-corrected chi connectivity index (χ3v) is 4.38. The van der Waals surface area contributed by atoms with Crippen LogP contribution in [0.3, 0.4) is 0 Å². The zero-order valence-electron chi connectivity index (χ0n) is 11.4. The van der Waals surface area contributed by atoms with Gasteiger partial charge in [-0.15, -0.1) is 11.6 Å². The lowest BCUT2D eigenvalue weighted by molar-refractivity contribution is -0.0832. The zero-order chi connectivity index (χ0) is 13.5. The molecular formula is C15H19ClN2O. The van der Waals surface area contributed by atoms with Crippen molar-refractivity contribution in [2.24, 2.45) is 0 Å². The van der Waals surface area contributed by atoms with E-state index in [0.717, 1.165) is 36.2 Å². The van der Waals surface area contributed by atoms with Gasteiger partial charge in [0.25, 0.3) is 0 Å². The summed E-state index contributed by atoms with van der Waals surface area (Å²) >= 11 is 6.29. The topological polar surface area (TPSA) is 27.1 Å². The maximum atomic E-state index is 6.29. The highest BCUT2D eigenvalue weighted by Crippen LogP contribution is 2.38. The van der Waals surface area contributed by atoms with E-state index in [1.54, 1.807) is 0 Å². The summed E-state index contributed by atoms with van der Waals surface area (Å²) in [6, 6.07) is 8.20. The van der Waals surface area contributed by atoms with Gasteiger partial charge in [0.15, 0.2) is 0 Å². The number of methoxy groups -OCH3 is 1. The number of nitrogens with zero attached hydrogens (tertiary/aromatic N) is 2. The first-order valence-corrected chi connectivity index (χ1v) is 7.23. The Balaban J connectivity index is 2.07. The van der Waals surface area contributed by atoms with Crippen molar-refractivity contribution in [2.45, 2.75) is 43.7 Å². The third kappa shape index (κ3) is 2.15. The highest BCUT2D eigenvalue weighted by Gasteiger charge is 2.38. The van der Waals surface area contributed by atoms with E-state index in [2.05, 4.69) is 15.6 Å². The van der Waals surface area contributed by atoms with E-state index >= 15 is 0 Å². The highest BCUT2D eigenvalue weighted by molar-refractivity contribution is 6.20. The van der Waals surface area contributed by atoms with Crippen LogP contribution >= 0.6 is 11.6 Å². The molecule has 102 valence electrons. The van der Waals surface area contributed by atoms with Gasteiger partial charge in [0.1, 0.15) is 5.82 Å². The van der Waals surface area contributed by atoms with E-state index in [-0.39, 0.29) is 11.0 Å². The molecule has 0 spiro atoms. The molecule has 0 aliphatic heterocycles. The van der Waals surface area contributed by atoms with Crippen LogP contribution in [0.15, 0.2) is 24.3 Å². The van der Waals surface area contributed by atoms with Crippen LogP contribution in [-0.4, -0.2) is 22.3 Å². The molecule has 0 bridgehead atoms. The van der Waals surface area contributed by atoms with Gasteiger partial charge in [-0.25, -0.2) is 4.98 Å². The minimum absolute atomic E-state index is 0.0238. The number of hydrogen-bond donors (Lipinski definition) is 0. The Morgan fingerprint density at radius 2 is 2.16 bits per heavy atom. The van der Waals surface area contributed by atoms with Crippen LogP contribution < -0.4 is 0 Å². The van der Waals surface area contributed by atoms with Crippen LogP contribution in [0.2, 0.25) is 0 Å². The fraction of sp³-hybridized carbons (Fsp3) is 0.533. The summed E-state index contributed by atoms with van der Waals surface area (Å²) in [6.07, 6.45) is 3.48. The van der Waals surface area contributed by atoms with Gasteiger partial charge in [0.05, 0.1) is 28.6 Å². The second-order valence-corrected chi connectivity index (χ2v) is 6.06. The van der Waals surface area contributed by atoms with Gasteiger partial charge in [-0.05, 0) is 38.3 Å². The Labute approximate surface area is 118 Å². The van der Waals surface area contributed by atoms with Gasteiger partial charge in [-0.2, -0.15) is 0 Å². The number of halogens is 1. The zero-order valence-corrected chi connectivity index (χ0v) is 12.2. The smallest absolute Gasteiger partial charge is 0.127 e. The second kappa shape index (κ2) is 4.80. The van der Waals surface area contributed by atoms with E-state index < -0.39 is 0 Å². The first kappa shape index (κ1) is 12.9. The summed E-state index contributed by atoms with van der Waals surface area (Å²) in [4.78, 5) is 4.66. The van der Waals surface area contributed by atoms with Gasteiger partial charge in [0.2, 0.25) is 0 Å². The molecule has 3 nitrogen and oxygen atoms in total. The predicted octanol–water partition coefficient (Wildman–Crippen LogP) is 3.91. The average Bonchev–Trinajstić information content (AvgIpc) is 2.73. The van der Waals surface area contributed by atoms with E-state index in [4.69, 9.17) is 16.3 Å². The molecule has 0 radical (unpaired) electrons. The summed E-state index contributed by atoms with van der Waals surface area (Å²) in [5.41, 5.74) is 2.13. The molecule has 1 atom stereocenters. The highest BCUT2D eigenvalue weighted by atomic mass is 35.5. The van der Waals surface area contributed by atoms with Crippen LogP contribution in [0, 0.1) is 0 Å². The van der Waals surface area contributed by atoms with Crippen molar-refractivity contribution in [1.82, 2.24) is 9.55 Å². The normalized spacial score (nSPS) is 19.3. The van der Waals surface area contributed by atoms with Crippen molar-refractivity contribution < 1.29 is 4.74 Å². The molecule has 1 aliphatic carbocycles. The number of para-hydroxylation sites is 2. The van der Waals surface area contributed by atoms with Crippen molar-refractivity contribution in [1.29, 1.82) is 0 Å². The summed E-state index contributed by atoms with van der Waals surface area (Å²) in [5, 5.41) is -0.0959. The van der Waals surface area contributed by atoms with Crippen molar-refractivity contribution >= 4 is 22.6 Å². The van der Waals surface area contributed by atoms with Crippen LogP contribution in [0.5, 0.6) is 0 Å². The van der Waals surface area contributed by atoms with Gasteiger partial charge < -0.3 is 9.30 Å². The maximum absolute atomic E-state index is 6.29. The number of aromatic nitrogens is 2. The number of fused-ring (bicyclic) bond motifs is 1. The number of alkyl halides is 1. The molecule has 1 aromatic carbocycles. The second-order valence-electron chi connectivity index (χ2n) is 5.40.